The first kappa shape index (κ1) is 16.4. The Morgan fingerprint density at radius 3 is 2.22 bits per heavy atom. The van der Waals surface area contributed by atoms with E-state index in [9.17, 15) is 14.9 Å². The summed E-state index contributed by atoms with van der Waals surface area (Å²) in [5, 5.41) is 10.6. The van der Waals surface area contributed by atoms with E-state index in [1.54, 1.807) is 42.5 Å². The van der Waals surface area contributed by atoms with Gasteiger partial charge in [0.2, 0.25) is 0 Å². The number of non-ortho nitro benzene ring substituents is 1. The van der Waals surface area contributed by atoms with Crippen molar-refractivity contribution in [3.8, 4) is 5.75 Å². The summed E-state index contributed by atoms with van der Waals surface area (Å²) in [4.78, 5) is 22.2. The molecule has 0 fully saturated rings. The van der Waals surface area contributed by atoms with E-state index in [0.717, 1.165) is 11.3 Å². The number of nitro benzene ring substituents is 1. The first-order valence-corrected chi connectivity index (χ1v) is 7.19. The van der Waals surface area contributed by atoms with Crippen LogP contribution in [0, 0.1) is 10.1 Å². The number of nitrogens with zero attached hydrogens (tertiary/aromatic N) is 1. The zero-order valence-electron chi connectivity index (χ0n) is 12.9. The Balaban J connectivity index is 2.04. The summed E-state index contributed by atoms with van der Waals surface area (Å²) < 4.78 is 5.52. The van der Waals surface area contributed by atoms with Crippen molar-refractivity contribution in [2.45, 2.75) is 20.0 Å². The largest absolute Gasteiger partial charge is 0.491 e. The highest BCUT2D eigenvalue weighted by atomic mass is 16.6. The molecule has 0 radical (unpaired) electrons. The molecule has 0 aliphatic carbocycles. The Kier molecular flexibility index (Phi) is 5.25. The van der Waals surface area contributed by atoms with Crippen LogP contribution < -0.4 is 4.74 Å². The molecule has 0 saturated heterocycles. The second-order valence-corrected chi connectivity index (χ2v) is 5.24. The lowest BCUT2D eigenvalue weighted by Crippen LogP contribution is -2.05. The number of allylic oxidation sites excluding steroid dienone is 1. The molecule has 0 aliphatic heterocycles. The molecule has 0 spiro atoms. The lowest BCUT2D eigenvalue weighted by Gasteiger charge is -2.09. The van der Waals surface area contributed by atoms with Crippen LogP contribution in [-0.4, -0.2) is 16.8 Å². The molecule has 0 N–H and O–H groups in total. The summed E-state index contributed by atoms with van der Waals surface area (Å²) in [6, 6.07) is 12.9. The van der Waals surface area contributed by atoms with E-state index in [-0.39, 0.29) is 17.6 Å². The molecule has 5 heteroatoms. The van der Waals surface area contributed by atoms with Crippen molar-refractivity contribution in [2.75, 3.05) is 0 Å². The summed E-state index contributed by atoms with van der Waals surface area (Å²) in [6.45, 7) is 3.87. The third kappa shape index (κ3) is 4.78. The quantitative estimate of drug-likeness (QED) is 0.345. The van der Waals surface area contributed by atoms with Crippen molar-refractivity contribution in [1.82, 2.24) is 0 Å². The van der Waals surface area contributed by atoms with Gasteiger partial charge in [-0.05, 0) is 61.9 Å². The lowest BCUT2D eigenvalue weighted by atomic mass is 10.1. The summed E-state index contributed by atoms with van der Waals surface area (Å²) in [6.07, 6.45) is 3.16. The Morgan fingerprint density at radius 2 is 1.70 bits per heavy atom. The monoisotopic (exact) mass is 311 g/mol. The molecule has 2 rings (SSSR count). The van der Waals surface area contributed by atoms with Crippen LogP contribution in [-0.2, 0) is 0 Å². The average molecular weight is 311 g/mol. The molecule has 0 atom stereocenters. The van der Waals surface area contributed by atoms with Gasteiger partial charge in [0.05, 0.1) is 11.0 Å². The van der Waals surface area contributed by atoms with Crippen molar-refractivity contribution in [2.24, 2.45) is 0 Å². The predicted octanol–water partition coefficient (Wildman–Crippen LogP) is 4.28. The zero-order chi connectivity index (χ0) is 16.8. The fraction of sp³-hybridized carbons (Fsp3) is 0.167. The SMILES string of the molecule is CC(C)Oc1ccc(C(=O)/C=C/c2ccc([N+](=O)[O-])cc2)cc1. The standard InChI is InChI=1S/C18H17NO4/c1-13(2)23-17-10-6-15(7-11-17)18(20)12-5-14-3-8-16(9-4-14)19(21)22/h3-13H,1-2H3/b12-5+. The molecule has 2 aromatic rings. The maximum Gasteiger partial charge on any atom is 0.269 e. The van der Waals surface area contributed by atoms with Gasteiger partial charge < -0.3 is 4.74 Å². The number of hydrogen-bond acceptors (Lipinski definition) is 4. The van der Waals surface area contributed by atoms with Gasteiger partial charge >= 0.3 is 0 Å². The van der Waals surface area contributed by atoms with Gasteiger partial charge in [-0.25, -0.2) is 0 Å². The second-order valence-electron chi connectivity index (χ2n) is 5.24. The smallest absolute Gasteiger partial charge is 0.269 e. The van der Waals surface area contributed by atoms with E-state index in [1.807, 2.05) is 13.8 Å². The molecule has 0 unspecified atom stereocenters. The summed E-state index contributed by atoms with van der Waals surface area (Å²) in [7, 11) is 0. The summed E-state index contributed by atoms with van der Waals surface area (Å²) in [5.74, 6) is 0.579. The maximum atomic E-state index is 12.1. The van der Waals surface area contributed by atoms with Gasteiger partial charge in [0.1, 0.15) is 5.75 Å². The molecule has 23 heavy (non-hydrogen) atoms. The van der Waals surface area contributed by atoms with E-state index in [4.69, 9.17) is 4.74 Å². The number of ketones is 1. The fourth-order valence-electron chi connectivity index (χ4n) is 1.95. The number of carbonyl (C=O) groups excluding carboxylic acids is 1. The van der Waals surface area contributed by atoms with E-state index in [2.05, 4.69) is 0 Å². The lowest BCUT2D eigenvalue weighted by molar-refractivity contribution is -0.384. The van der Waals surface area contributed by atoms with Crippen LogP contribution in [0.15, 0.2) is 54.6 Å². The van der Waals surface area contributed by atoms with Gasteiger partial charge in [-0.1, -0.05) is 6.08 Å². The number of hydrogen-bond donors (Lipinski definition) is 0. The average Bonchev–Trinajstić information content (AvgIpc) is 2.53. The minimum Gasteiger partial charge on any atom is -0.491 e. The van der Waals surface area contributed by atoms with Crippen molar-refractivity contribution >= 4 is 17.5 Å². The molecule has 2 aromatic carbocycles. The van der Waals surface area contributed by atoms with Crippen LogP contribution >= 0.6 is 0 Å². The molecule has 0 saturated carbocycles. The van der Waals surface area contributed by atoms with Crippen LogP contribution in [0.5, 0.6) is 5.75 Å². The molecule has 0 aliphatic rings. The number of rotatable bonds is 6. The maximum absolute atomic E-state index is 12.1. The molecule has 0 amide bonds. The van der Waals surface area contributed by atoms with Gasteiger partial charge in [0, 0.05) is 17.7 Å². The number of benzene rings is 2. The number of carbonyl (C=O) groups is 1. The number of ether oxygens (including phenoxy) is 1. The second kappa shape index (κ2) is 7.35. The molecule has 118 valence electrons. The molecule has 0 aromatic heterocycles. The molecular formula is C18H17NO4. The van der Waals surface area contributed by atoms with Crippen LogP contribution in [0.1, 0.15) is 29.8 Å². The highest BCUT2D eigenvalue weighted by molar-refractivity contribution is 6.06. The van der Waals surface area contributed by atoms with E-state index >= 15 is 0 Å². The molecule has 5 nitrogen and oxygen atoms in total. The zero-order valence-corrected chi connectivity index (χ0v) is 12.9. The topological polar surface area (TPSA) is 69.4 Å². The highest BCUT2D eigenvalue weighted by Gasteiger charge is 2.05. The van der Waals surface area contributed by atoms with Gasteiger partial charge in [-0.15, -0.1) is 0 Å². The van der Waals surface area contributed by atoms with Gasteiger partial charge in [0.15, 0.2) is 5.78 Å². The van der Waals surface area contributed by atoms with E-state index < -0.39 is 4.92 Å². The minimum absolute atomic E-state index is 0.0224. The van der Waals surface area contributed by atoms with Crippen molar-refractivity contribution < 1.29 is 14.5 Å². The van der Waals surface area contributed by atoms with Crippen molar-refractivity contribution in [1.29, 1.82) is 0 Å². The normalized spacial score (nSPS) is 10.9. The Labute approximate surface area is 134 Å². The Hall–Kier alpha value is -2.95. The Morgan fingerprint density at radius 1 is 1.09 bits per heavy atom. The van der Waals surface area contributed by atoms with Crippen LogP contribution in [0.4, 0.5) is 5.69 Å². The van der Waals surface area contributed by atoms with Crippen LogP contribution in [0.2, 0.25) is 0 Å². The molecule has 0 heterocycles. The molecular weight excluding hydrogens is 294 g/mol. The van der Waals surface area contributed by atoms with Gasteiger partial charge in [0.25, 0.3) is 5.69 Å². The Bertz CT molecular complexity index is 716. The first-order valence-electron chi connectivity index (χ1n) is 7.19. The van der Waals surface area contributed by atoms with Crippen molar-refractivity contribution in [3.63, 3.8) is 0 Å². The van der Waals surface area contributed by atoms with Crippen LogP contribution in [0.25, 0.3) is 6.08 Å². The van der Waals surface area contributed by atoms with Crippen molar-refractivity contribution in [3.05, 3.63) is 75.8 Å². The highest BCUT2D eigenvalue weighted by Crippen LogP contribution is 2.16. The minimum atomic E-state index is -0.459. The van der Waals surface area contributed by atoms with Gasteiger partial charge in [-0.3, -0.25) is 14.9 Å². The first-order chi connectivity index (χ1) is 11.0. The van der Waals surface area contributed by atoms with Crippen LogP contribution in [0.3, 0.4) is 0 Å². The molecule has 0 bridgehead atoms. The van der Waals surface area contributed by atoms with E-state index in [1.165, 1.54) is 18.2 Å². The summed E-state index contributed by atoms with van der Waals surface area (Å²) >= 11 is 0. The third-order valence-electron chi connectivity index (χ3n) is 3.04. The van der Waals surface area contributed by atoms with Gasteiger partial charge in [-0.2, -0.15) is 0 Å². The third-order valence-corrected chi connectivity index (χ3v) is 3.04. The van der Waals surface area contributed by atoms with E-state index in [0.29, 0.717) is 5.56 Å². The fourth-order valence-corrected chi connectivity index (χ4v) is 1.95. The number of nitro groups is 1. The summed E-state index contributed by atoms with van der Waals surface area (Å²) in [5.41, 5.74) is 1.30. The predicted molar refractivity (Wildman–Crippen MR) is 88.7 cm³/mol.